The molecule has 0 aliphatic rings. The van der Waals surface area contributed by atoms with Crippen LogP contribution in [0.5, 0.6) is 0 Å². The lowest BCUT2D eigenvalue weighted by Gasteiger charge is -2.08. The maximum atomic E-state index is 5.89. The number of pyridine rings is 1. The fourth-order valence-corrected chi connectivity index (χ4v) is 2.39. The van der Waals surface area contributed by atoms with E-state index in [0.717, 1.165) is 20.8 Å². The summed E-state index contributed by atoms with van der Waals surface area (Å²) in [5, 5.41) is 4.13. The molecule has 2 nitrogen and oxygen atoms in total. The quantitative estimate of drug-likeness (QED) is 0.853. The first-order chi connectivity index (χ1) is 7.75. The van der Waals surface area contributed by atoms with E-state index in [-0.39, 0.29) is 0 Å². The first-order valence-corrected chi connectivity index (χ1v) is 6.29. The average molecular weight is 345 g/mol. The Hall–Kier alpha value is -0.810. The molecule has 0 bridgehead atoms. The van der Waals surface area contributed by atoms with E-state index in [1.54, 1.807) is 12.4 Å². The highest BCUT2D eigenvalue weighted by atomic mass is 127. The van der Waals surface area contributed by atoms with Gasteiger partial charge < -0.3 is 5.32 Å². The Morgan fingerprint density at radius 3 is 2.62 bits per heavy atom. The molecule has 0 fully saturated rings. The lowest BCUT2D eigenvalue weighted by atomic mass is 10.2. The van der Waals surface area contributed by atoms with Crippen LogP contribution >= 0.6 is 34.2 Å². The van der Waals surface area contributed by atoms with Gasteiger partial charge in [0.25, 0.3) is 0 Å². The molecule has 82 valence electrons. The van der Waals surface area contributed by atoms with Gasteiger partial charge in [-0.25, -0.2) is 0 Å². The number of aromatic nitrogens is 1. The standard InChI is InChI=1S/C12H10ClIN2/c13-10-1-2-12(11(14)7-10)16-8-9-3-5-15-6-4-9/h1-7,16H,8H2. The van der Waals surface area contributed by atoms with Crippen LogP contribution in [-0.2, 0) is 6.54 Å². The minimum atomic E-state index is 0.763. The summed E-state index contributed by atoms with van der Waals surface area (Å²) >= 11 is 8.16. The molecule has 1 aromatic carbocycles. The van der Waals surface area contributed by atoms with Gasteiger partial charge in [-0.2, -0.15) is 0 Å². The van der Waals surface area contributed by atoms with Gasteiger partial charge in [-0.3, -0.25) is 4.98 Å². The molecule has 0 radical (unpaired) electrons. The monoisotopic (exact) mass is 344 g/mol. The maximum absolute atomic E-state index is 5.89. The van der Waals surface area contributed by atoms with E-state index >= 15 is 0 Å². The summed E-state index contributed by atoms with van der Waals surface area (Å²) < 4.78 is 1.12. The van der Waals surface area contributed by atoms with E-state index in [1.165, 1.54) is 5.56 Å². The third kappa shape index (κ3) is 3.09. The normalized spacial score (nSPS) is 10.1. The molecule has 0 saturated carbocycles. The van der Waals surface area contributed by atoms with Crippen molar-refractivity contribution in [1.29, 1.82) is 0 Å². The van der Waals surface area contributed by atoms with Crippen molar-refractivity contribution in [2.75, 3.05) is 5.32 Å². The molecular formula is C12H10ClIN2. The number of nitrogens with zero attached hydrogens (tertiary/aromatic N) is 1. The van der Waals surface area contributed by atoms with Crippen molar-refractivity contribution in [1.82, 2.24) is 4.98 Å². The van der Waals surface area contributed by atoms with Crippen molar-refractivity contribution in [3.8, 4) is 0 Å². The minimum absolute atomic E-state index is 0.763. The molecule has 0 aliphatic heterocycles. The van der Waals surface area contributed by atoms with E-state index in [0.29, 0.717) is 0 Å². The first kappa shape index (κ1) is 11.7. The molecule has 0 spiro atoms. The molecule has 0 atom stereocenters. The second-order valence-corrected chi connectivity index (χ2v) is 4.93. The van der Waals surface area contributed by atoms with Gasteiger partial charge in [-0.05, 0) is 58.5 Å². The van der Waals surface area contributed by atoms with E-state index in [1.807, 2.05) is 30.3 Å². The third-order valence-electron chi connectivity index (χ3n) is 2.16. The fourth-order valence-electron chi connectivity index (χ4n) is 1.33. The van der Waals surface area contributed by atoms with Crippen molar-refractivity contribution in [3.63, 3.8) is 0 Å². The minimum Gasteiger partial charge on any atom is -0.380 e. The summed E-state index contributed by atoms with van der Waals surface area (Å²) in [6.45, 7) is 0.792. The van der Waals surface area contributed by atoms with Crippen molar-refractivity contribution in [2.45, 2.75) is 6.54 Å². The summed E-state index contributed by atoms with van der Waals surface area (Å²) in [5.74, 6) is 0. The summed E-state index contributed by atoms with van der Waals surface area (Å²) in [4.78, 5) is 3.98. The molecule has 0 aliphatic carbocycles. The molecule has 0 unspecified atom stereocenters. The predicted molar refractivity (Wildman–Crippen MR) is 75.7 cm³/mol. The highest BCUT2D eigenvalue weighted by Gasteiger charge is 1.99. The number of rotatable bonds is 3. The molecule has 4 heteroatoms. The molecule has 16 heavy (non-hydrogen) atoms. The van der Waals surface area contributed by atoms with Gasteiger partial charge in [0, 0.05) is 33.2 Å². The van der Waals surface area contributed by atoms with Crippen molar-refractivity contribution in [3.05, 3.63) is 56.9 Å². The number of hydrogen-bond donors (Lipinski definition) is 1. The van der Waals surface area contributed by atoms with Crippen LogP contribution in [0.2, 0.25) is 5.02 Å². The zero-order valence-electron chi connectivity index (χ0n) is 8.45. The predicted octanol–water partition coefficient (Wildman–Crippen LogP) is 3.95. The van der Waals surface area contributed by atoms with Gasteiger partial charge in [0.2, 0.25) is 0 Å². The van der Waals surface area contributed by atoms with Gasteiger partial charge in [0.05, 0.1) is 0 Å². The van der Waals surface area contributed by atoms with Crippen molar-refractivity contribution in [2.24, 2.45) is 0 Å². The SMILES string of the molecule is Clc1ccc(NCc2ccncc2)c(I)c1. The smallest absolute Gasteiger partial charge is 0.0479 e. The van der Waals surface area contributed by atoms with Gasteiger partial charge in [-0.1, -0.05) is 11.6 Å². The van der Waals surface area contributed by atoms with Gasteiger partial charge in [0.1, 0.15) is 0 Å². The van der Waals surface area contributed by atoms with Crippen LogP contribution in [0, 0.1) is 3.57 Å². The Kier molecular flexibility index (Phi) is 4.01. The second kappa shape index (κ2) is 5.50. The Morgan fingerprint density at radius 2 is 1.94 bits per heavy atom. The summed E-state index contributed by atoms with van der Waals surface area (Å²) in [7, 11) is 0. The Morgan fingerprint density at radius 1 is 1.19 bits per heavy atom. The van der Waals surface area contributed by atoms with Crippen molar-refractivity contribution >= 4 is 39.9 Å². The number of anilines is 1. The maximum Gasteiger partial charge on any atom is 0.0479 e. The molecule has 1 aromatic heterocycles. The molecule has 2 aromatic rings. The van der Waals surface area contributed by atoms with Gasteiger partial charge in [0.15, 0.2) is 0 Å². The van der Waals surface area contributed by atoms with Crippen molar-refractivity contribution < 1.29 is 0 Å². The van der Waals surface area contributed by atoms with Crippen LogP contribution in [0.1, 0.15) is 5.56 Å². The molecule has 1 N–H and O–H groups in total. The highest BCUT2D eigenvalue weighted by Crippen LogP contribution is 2.22. The molecule has 2 rings (SSSR count). The van der Waals surface area contributed by atoms with Crippen LogP contribution < -0.4 is 5.32 Å². The average Bonchev–Trinajstić information content (AvgIpc) is 2.29. The zero-order valence-corrected chi connectivity index (χ0v) is 11.4. The summed E-state index contributed by atoms with van der Waals surface area (Å²) in [6, 6.07) is 9.81. The Bertz CT molecular complexity index is 474. The molecule has 1 heterocycles. The Balaban J connectivity index is 2.05. The topological polar surface area (TPSA) is 24.9 Å². The summed E-state index contributed by atoms with van der Waals surface area (Å²) in [6.07, 6.45) is 3.59. The van der Waals surface area contributed by atoms with Crippen LogP contribution in [-0.4, -0.2) is 4.98 Å². The summed E-state index contributed by atoms with van der Waals surface area (Å²) in [5.41, 5.74) is 2.31. The number of hydrogen-bond acceptors (Lipinski definition) is 2. The number of nitrogens with one attached hydrogen (secondary N) is 1. The molecule has 0 amide bonds. The lowest BCUT2D eigenvalue weighted by molar-refractivity contribution is 1.12. The number of benzene rings is 1. The van der Waals surface area contributed by atoms with Gasteiger partial charge >= 0.3 is 0 Å². The second-order valence-electron chi connectivity index (χ2n) is 3.33. The highest BCUT2D eigenvalue weighted by molar-refractivity contribution is 14.1. The molecule has 0 saturated heterocycles. The van der Waals surface area contributed by atoms with E-state index in [4.69, 9.17) is 11.6 Å². The van der Waals surface area contributed by atoms with E-state index in [9.17, 15) is 0 Å². The van der Waals surface area contributed by atoms with Crippen LogP contribution in [0.25, 0.3) is 0 Å². The zero-order chi connectivity index (χ0) is 11.4. The van der Waals surface area contributed by atoms with E-state index < -0.39 is 0 Å². The van der Waals surface area contributed by atoms with Crippen LogP contribution in [0.3, 0.4) is 0 Å². The van der Waals surface area contributed by atoms with Crippen LogP contribution in [0.15, 0.2) is 42.7 Å². The molecular weight excluding hydrogens is 335 g/mol. The Labute approximate surface area is 113 Å². The largest absolute Gasteiger partial charge is 0.380 e. The number of halogens is 2. The first-order valence-electron chi connectivity index (χ1n) is 4.83. The van der Waals surface area contributed by atoms with Gasteiger partial charge in [-0.15, -0.1) is 0 Å². The third-order valence-corrected chi connectivity index (χ3v) is 3.29. The van der Waals surface area contributed by atoms with Crippen LogP contribution in [0.4, 0.5) is 5.69 Å². The van der Waals surface area contributed by atoms with E-state index in [2.05, 4.69) is 32.9 Å². The lowest BCUT2D eigenvalue weighted by Crippen LogP contribution is -2.00. The fraction of sp³-hybridized carbons (Fsp3) is 0.0833.